The van der Waals surface area contributed by atoms with Crippen molar-refractivity contribution in [1.82, 2.24) is 5.32 Å². The Morgan fingerprint density at radius 3 is 2.42 bits per heavy atom. The molecule has 8 heteroatoms. The molecule has 0 unspecified atom stereocenters. The van der Waals surface area contributed by atoms with E-state index in [0.29, 0.717) is 22.1 Å². The lowest BCUT2D eigenvalue weighted by Gasteiger charge is -2.18. The zero-order valence-electron chi connectivity index (χ0n) is 18.3. The Kier molecular flexibility index (Phi) is 5.76. The molecule has 0 saturated heterocycles. The van der Waals surface area contributed by atoms with Crippen LogP contribution in [0.25, 0.3) is 33.1 Å². The maximum atomic E-state index is 13.3. The quantitative estimate of drug-likeness (QED) is 0.420. The van der Waals surface area contributed by atoms with Crippen molar-refractivity contribution < 1.29 is 27.9 Å². The smallest absolute Gasteiger partial charge is 0.340 e. The average Bonchev–Trinajstić information content (AvgIpc) is 3.16. The summed E-state index contributed by atoms with van der Waals surface area (Å²) in [7, 11) is 0. The number of carbonyl (C=O) groups excluding carboxylic acids is 1. The summed E-state index contributed by atoms with van der Waals surface area (Å²) in [4.78, 5) is 36.5. The van der Waals surface area contributed by atoms with Crippen LogP contribution in [0.5, 0.6) is 0 Å². The van der Waals surface area contributed by atoms with Crippen molar-refractivity contribution in [3.8, 4) is 11.1 Å². The summed E-state index contributed by atoms with van der Waals surface area (Å²) in [6.07, 6.45) is 1.24. The predicted molar refractivity (Wildman–Crippen MR) is 120 cm³/mol. The van der Waals surface area contributed by atoms with E-state index in [1.165, 1.54) is 12.1 Å². The first-order valence-electron chi connectivity index (χ1n) is 10.4. The SMILES string of the molecule is Cc1c(CC(=O)N[C@H](C(=O)O)C(C)C)c(=O)oc2cc3occ(-c4ccc(F)cc4)c3cc12. The summed E-state index contributed by atoms with van der Waals surface area (Å²) in [5.41, 5.74) is 2.35. The third-order valence-electron chi connectivity index (χ3n) is 5.72. The molecule has 0 aliphatic rings. The third-order valence-corrected chi connectivity index (χ3v) is 5.72. The van der Waals surface area contributed by atoms with Crippen LogP contribution in [0, 0.1) is 18.7 Å². The summed E-state index contributed by atoms with van der Waals surface area (Å²) in [6.45, 7) is 5.08. The standard InChI is InChI=1S/C25H22FNO6/c1-12(2)23(24(29)30)27-22(28)9-17-13(3)16-8-18-19(14-4-6-15(26)7-5-14)11-32-20(18)10-21(16)33-25(17)31/h4-8,10-12,23H,9H2,1-3H3,(H,27,28)(H,29,30)/t23-/m0/s1. The molecule has 2 aromatic heterocycles. The fraction of sp³-hybridized carbons (Fsp3) is 0.240. The number of rotatable bonds is 6. The number of hydrogen-bond acceptors (Lipinski definition) is 5. The molecule has 0 fully saturated rings. The predicted octanol–water partition coefficient (Wildman–Crippen LogP) is 4.42. The van der Waals surface area contributed by atoms with Crippen LogP contribution in [0.2, 0.25) is 0 Å². The van der Waals surface area contributed by atoms with Crippen molar-refractivity contribution in [2.75, 3.05) is 0 Å². The number of carbonyl (C=O) groups is 2. The molecule has 33 heavy (non-hydrogen) atoms. The first kappa shape index (κ1) is 22.3. The third kappa shape index (κ3) is 4.24. The van der Waals surface area contributed by atoms with Gasteiger partial charge < -0.3 is 19.3 Å². The normalized spacial score (nSPS) is 12.4. The number of carboxylic acids is 1. The molecule has 0 radical (unpaired) electrons. The van der Waals surface area contributed by atoms with E-state index in [1.807, 2.05) is 0 Å². The molecule has 7 nitrogen and oxygen atoms in total. The van der Waals surface area contributed by atoms with Gasteiger partial charge in [-0.3, -0.25) is 4.79 Å². The molecule has 1 atom stereocenters. The minimum Gasteiger partial charge on any atom is -0.480 e. The minimum atomic E-state index is -1.14. The largest absolute Gasteiger partial charge is 0.480 e. The topological polar surface area (TPSA) is 110 Å². The van der Waals surface area contributed by atoms with Gasteiger partial charge in [-0.2, -0.15) is 0 Å². The Labute approximate surface area is 187 Å². The maximum Gasteiger partial charge on any atom is 0.340 e. The van der Waals surface area contributed by atoms with Crippen LogP contribution in [0.4, 0.5) is 4.39 Å². The van der Waals surface area contributed by atoms with E-state index in [9.17, 15) is 23.9 Å². The van der Waals surface area contributed by atoms with E-state index >= 15 is 0 Å². The summed E-state index contributed by atoms with van der Waals surface area (Å²) < 4.78 is 24.4. The number of carboxylic acid groups (broad SMARTS) is 1. The highest BCUT2D eigenvalue weighted by molar-refractivity contribution is 6.02. The number of hydrogen-bond donors (Lipinski definition) is 2. The monoisotopic (exact) mass is 451 g/mol. The van der Waals surface area contributed by atoms with Crippen molar-refractivity contribution in [1.29, 1.82) is 0 Å². The fourth-order valence-corrected chi connectivity index (χ4v) is 3.87. The van der Waals surface area contributed by atoms with Crippen molar-refractivity contribution in [2.24, 2.45) is 5.92 Å². The molecule has 4 rings (SSSR count). The molecular weight excluding hydrogens is 429 g/mol. The van der Waals surface area contributed by atoms with Crippen LogP contribution in [0.15, 0.2) is 56.3 Å². The first-order chi connectivity index (χ1) is 15.7. The van der Waals surface area contributed by atoms with Gasteiger partial charge in [0.25, 0.3) is 0 Å². The Bertz CT molecular complexity index is 1430. The van der Waals surface area contributed by atoms with Gasteiger partial charge in [0.2, 0.25) is 5.91 Å². The molecule has 0 aliphatic heterocycles. The first-order valence-corrected chi connectivity index (χ1v) is 10.4. The minimum absolute atomic E-state index is 0.152. The number of aryl methyl sites for hydroxylation is 1. The van der Waals surface area contributed by atoms with Gasteiger partial charge in [-0.05, 0) is 42.2 Å². The number of aliphatic carboxylic acids is 1. The number of furan rings is 1. The molecule has 2 N–H and O–H groups in total. The summed E-state index contributed by atoms with van der Waals surface area (Å²) in [6, 6.07) is 8.36. The molecule has 0 spiro atoms. The van der Waals surface area contributed by atoms with Crippen LogP contribution < -0.4 is 10.9 Å². The van der Waals surface area contributed by atoms with Gasteiger partial charge in [0.1, 0.15) is 23.0 Å². The molecular formula is C25H22FNO6. The van der Waals surface area contributed by atoms with Gasteiger partial charge in [-0.1, -0.05) is 26.0 Å². The van der Waals surface area contributed by atoms with Gasteiger partial charge in [0.15, 0.2) is 0 Å². The van der Waals surface area contributed by atoms with Gasteiger partial charge in [-0.15, -0.1) is 0 Å². The molecule has 2 aromatic carbocycles. The van der Waals surface area contributed by atoms with Crippen LogP contribution >= 0.6 is 0 Å². The maximum absolute atomic E-state index is 13.3. The van der Waals surface area contributed by atoms with Crippen molar-refractivity contribution in [3.05, 3.63) is 70.0 Å². The lowest BCUT2D eigenvalue weighted by Crippen LogP contribution is -2.45. The molecule has 1 amide bonds. The summed E-state index contributed by atoms with van der Waals surface area (Å²) in [5, 5.41) is 13.1. The van der Waals surface area contributed by atoms with Gasteiger partial charge in [0.05, 0.1) is 18.2 Å². The lowest BCUT2D eigenvalue weighted by atomic mass is 9.99. The van der Waals surface area contributed by atoms with E-state index in [4.69, 9.17) is 8.83 Å². The van der Waals surface area contributed by atoms with Crippen molar-refractivity contribution in [3.63, 3.8) is 0 Å². The van der Waals surface area contributed by atoms with Crippen LogP contribution in [-0.4, -0.2) is 23.0 Å². The Morgan fingerprint density at radius 1 is 1.09 bits per heavy atom. The Morgan fingerprint density at radius 2 is 1.79 bits per heavy atom. The Hall–Kier alpha value is -3.94. The van der Waals surface area contributed by atoms with E-state index in [2.05, 4.69) is 5.32 Å². The van der Waals surface area contributed by atoms with Gasteiger partial charge >= 0.3 is 11.6 Å². The van der Waals surface area contributed by atoms with Gasteiger partial charge in [0, 0.05) is 22.4 Å². The van der Waals surface area contributed by atoms with Crippen LogP contribution in [-0.2, 0) is 16.0 Å². The van der Waals surface area contributed by atoms with E-state index < -0.39 is 23.5 Å². The molecule has 0 bridgehead atoms. The molecule has 0 saturated carbocycles. The second-order valence-electron chi connectivity index (χ2n) is 8.30. The summed E-state index contributed by atoms with van der Waals surface area (Å²) in [5.74, 6) is -2.39. The Balaban J connectivity index is 1.76. The highest BCUT2D eigenvalue weighted by Gasteiger charge is 2.25. The van der Waals surface area contributed by atoms with E-state index in [-0.39, 0.29) is 23.7 Å². The van der Waals surface area contributed by atoms with E-state index in [1.54, 1.807) is 51.3 Å². The molecule has 4 aromatic rings. The number of halogens is 1. The average molecular weight is 451 g/mol. The lowest BCUT2D eigenvalue weighted by molar-refractivity contribution is -0.143. The highest BCUT2D eigenvalue weighted by Crippen LogP contribution is 2.34. The second-order valence-corrected chi connectivity index (χ2v) is 8.30. The zero-order chi connectivity index (χ0) is 23.9. The van der Waals surface area contributed by atoms with E-state index in [0.717, 1.165) is 16.5 Å². The number of nitrogens with one attached hydrogen (secondary N) is 1. The van der Waals surface area contributed by atoms with Crippen LogP contribution in [0.1, 0.15) is 25.0 Å². The fourth-order valence-electron chi connectivity index (χ4n) is 3.87. The summed E-state index contributed by atoms with van der Waals surface area (Å²) >= 11 is 0. The zero-order valence-corrected chi connectivity index (χ0v) is 18.3. The van der Waals surface area contributed by atoms with Crippen molar-refractivity contribution >= 4 is 33.8 Å². The molecule has 170 valence electrons. The number of fused-ring (bicyclic) bond motifs is 2. The molecule has 2 heterocycles. The second kappa shape index (κ2) is 8.54. The number of amides is 1. The molecule has 0 aliphatic carbocycles. The van der Waals surface area contributed by atoms with Gasteiger partial charge in [-0.25, -0.2) is 14.0 Å². The highest BCUT2D eigenvalue weighted by atomic mass is 19.1. The number of benzene rings is 2. The van der Waals surface area contributed by atoms with Crippen LogP contribution in [0.3, 0.4) is 0 Å². The van der Waals surface area contributed by atoms with Crippen molar-refractivity contribution in [2.45, 2.75) is 33.2 Å².